The highest BCUT2D eigenvalue weighted by atomic mass is 32.2. The normalized spacial score (nSPS) is 13.1. The number of methoxy groups -OCH3 is 1. The first kappa shape index (κ1) is 38.4. The number of hydrogen-bond donors (Lipinski definition) is 1. The van der Waals surface area contributed by atoms with Crippen LogP contribution in [0.1, 0.15) is 26.3 Å². The molecule has 14 nitrogen and oxygen atoms in total. The number of aromatic nitrogens is 2. The molecule has 2 aromatic carbocycles. The zero-order valence-electron chi connectivity index (χ0n) is 24.9. The van der Waals surface area contributed by atoms with E-state index in [9.17, 15) is 51.6 Å². The first-order valence-corrected chi connectivity index (χ1v) is 17.1. The second kappa shape index (κ2) is 13.8. The number of anilines is 1. The van der Waals surface area contributed by atoms with Crippen molar-refractivity contribution in [1.29, 1.82) is 0 Å². The molecule has 0 atom stereocenters. The molecule has 0 fully saturated rings. The third kappa shape index (κ3) is 9.29. The van der Waals surface area contributed by atoms with Crippen molar-refractivity contribution in [3.05, 3.63) is 54.1 Å². The number of para-hydroxylation sites is 2. The Kier molecular flexibility index (Phi) is 11.0. The van der Waals surface area contributed by atoms with Crippen LogP contribution in [0.4, 0.5) is 32.2 Å². The molecule has 0 spiro atoms. The summed E-state index contributed by atoms with van der Waals surface area (Å²) < 4.78 is 176. The van der Waals surface area contributed by atoms with Crippen LogP contribution < -0.4 is 23.1 Å². The van der Waals surface area contributed by atoms with Gasteiger partial charge in [0.05, 0.1) is 12.0 Å². The van der Waals surface area contributed by atoms with Crippen molar-refractivity contribution in [3.8, 4) is 29.1 Å². The molecule has 0 saturated heterocycles. The van der Waals surface area contributed by atoms with E-state index in [2.05, 4.69) is 18.3 Å². The average molecular weight is 754 g/mol. The van der Waals surface area contributed by atoms with Crippen LogP contribution in [0.15, 0.2) is 53.4 Å². The highest BCUT2D eigenvalue weighted by Crippen LogP contribution is 2.42. The van der Waals surface area contributed by atoms with Gasteiger partial charge < -0.3 is 18.4 Å². The lowest BCUT2D eigenvalue weighted by molar-refractivity contribution is -0.0548. The van der Waals surface area contributed by atoms with Gasteiger partial charge in [-0.2, -0.15) is 53.1 Å². The summed E-state index contributed by atoms with van der Waals surface area (Å²) >= 11 is 0. The van der Waals surface area contributed by atoms with Crippen molar-refractivity contribution in [1.82, 2.24) is 9.97 Å². The minimum atomic E-state index is -6.49. The second-order valence-corrected chi connectivity index (χ2v) is 15.0. The molecule has 0 aliphatic carbocycles. The summed E-state index contributed by atoms with van der Waals surface area (Å²) in [6.07, 6.45) is 0. The Labute approximate surface area is 270 Å². The number of alkyl halides is 6. The Hall–Kier alpha value is -4.09. The summed E-state index contributed by atoms with van der Waals surface area (Å²) in [5.74, 6) is -3.42. The van der Waals surface area contributed by atoms with Crippen LogP contribution in [0.5, 0.6) is 29.1 Å². The Bertz CT molecular complexity index is 1950. The van der Waals surface area contributed by atoms with Gasteiger partial charge in [-0.25, -0.2) is 8.42 Å². The van der Waals surface area contributed by atoms with E-state index < -0.39 is 88.3 Å². The fourth-order valence-electron chi connectivity index (χ4n) is 3.33. The van der Waals surface area contributed by atoms with E-state index in [1.807, 2.05) is 25.5 Å². The molecule has 23 heteroatoms. The van der Waals surface area contributed by atoms with Crippen LogP contribution in [0.2, 0.25) is 0 Å². The van der Waals surface area contributed by atoms with Crippen LogP contribution in [-0.2, 0) is 39.9 Å². The van der Waals surface area contributed by atoms with Crippen molar-refractivity contribution < 1.29 is 74.2 Å². The number of sulfonamides is 1. The van der Waals surface area contributed by atoms with E-state index in [4.69, 9.17) is 14.2 Å². The number of benzene rings is 2. The molecule has 1 aromatic heterocycles. The topological polar surface area (TPSA) is 186 Å². The Balaban J connectivity index is 2.19. The lowest BCUT2D eigenvalue weighted by Gasteiger charge is -2.20. The van der Waals surface area contributed by atoms with Gasteiger partial charge in [-0.1, -0.05) is 45.0 Å². The highest BCUT2D eigenvalue weighted by molar-refractivity contribution is 7.92. The average Bonchev–Trinajstić information content (AvgIpc) is 2.95. The van der Waals surface area contributed by atoms with Gasteiger partial charge in [0, 0.05) is 0 Å². The van der Waals surface area contributed by atoms with E-state index in [1.165, 1.54) is 55.6 Å². The van der Waals surface area contributed by atoms with E-state index in [0.717, 1.165) is 0 Å². The fourth-order valence-corrected chi connectivity index (χ4v) is 5.13. The van der Waals surface area contributed by atoms with E-state index in [1.54, 1.807) is 0 Å². The van der Waals surface area contributed by atoms with Crippen molar-refractivity contribution in [2.75, 3.05) is 25.0 Å². The molecule has 3 aromatic rings. The largest absolute Gasteiger partial charge is 0.534 e. The van der Waals surface area contributed by atoms with Gasteiger partial charge in [0.15, 0.2) is 17.3 Å². The SMILES string of the molecule is COc1ccccc1Oc1c(NS(=O)(=O)c2ccc(C(C)(C)C)cc2)nc(OS(=O)(=O)C(F)(F)F)nc1OCCOS(=O)(=O)C(F)(F)F. The number of nitrogens with one attached hydrogen (secondary N) is 1. The smallest absolute Gasteiger partial charge is 0.493 e. The molecule has 0 amide bonds. The maximum Gasteiger partial charge on any atom is 0.534 e. The summed E-state index contributed by atoms with van der Waals surface area (Å²) in [5, 5.41) is 0. The van der Waals surface area contributed by atoms with Crippen LogP contribution in [0, 0.1) is 0 Å². The molecule has 48 heavy (non-hydrogen) atoms. The quantitative estimate of drug-likeness (QED) is 0.108. The summed E-state index contributed by atoms with van der Waals surface area (Å²) in [5.41, 5.74) is -11.5. The summed E-state index contributed by atoms with van der Waals surface area (Å²) in [7, 11) is -16.2. The molecule has 1 heterocycles. The van der Waals surface area contributed by atoms with Crippen LogP contribution in [0.3, 0.4) is 0 Å². The molecule has 0 radical (unpaired) electrons. The van der Waals surface area contributed by atoms with Gasteiger partial charge in [0.2, 0.25) is 5.75 Å². The number of hydrogen-bond acceptors (Lipinski definition) is 13. The minimum Gasteiger partial charge on any atom is -0.493 e. The molecule has 0 aliphatic rings. The maximum atomic E-state index is 13.4. The van der Waals surface area contributed by atoms with Gasteiger partial charge in [-0.15, -0.1) is 0 Å². The Morgan fingerprint density at radius 3 is 1.83 bits per heavy atom. The van der Waals surface area contributed by atoms with Crippen LogP contribution >= 0.6 is 0 Å². The number of halogens is 6. The van der Waals surface area contributed by atoms with Gasteiger partial charge in [0.1, 0.15) is 13.2 Å². The van der Waals surface area contributed by atoms with Crippen LogP contribution in [-0.4, -0.2) is 66.6 Å². The fraction of sp³-hybridized carbons (Fsp3) is 0.360. The van der Waals surface area contributed by atoms with Crippen molar-refractivity contribution >= 4 is 36.1 Å². The van der Waals surface area contributed by atoms with Gasteiger partial charge in [-0.05, 0) is 35.2 Å². The molecule has 0 unspecified atom stereocenters. The zero-order valence-corrected chi connectivity index (χ0v) is 27.4. The molecule has 266 valence electrons. The Morgan fingerprint density at radius 1 is 0.750 bits per heavy atom. The van der Waals surface area contributed by atoms with Crippen LogP contribution in [0.25, 0.3) is 0 Å². The number of rotatable bonds is 13. The molecule has 0 saturated carbocycles. The summed E-state index contributed by atoms with van der Waals surface area (Å²) in [4.78, 5) is 6.35. The minimum absolute atomic E-state index is 0.0328. The monoisotopic (exact) mass is 753 g/mol. The highest BCUT2D eigenvalue weighted by Gasteiger charge is 2.49. The van der Waals surface area contributed by atoms with Gasteiger partial charge in [0.25, 0.3) is 15.9 Å². The predicted molar refractivity (Wildman–Crippen MR) is 153 cm³/mol. The molecule has 0 aliphatic heterocycles. The van der Waals surface area contributed by atoms with E-state index >= 15 is 0 Å². The lowest BCUT2D eigenvalue weighted by atomic mass is 9.87. The zero-order chi connectivity index (χ0) is 36.3. The van der Waals surface area contributed by atoms with E-state index in [0.29, 0.717) is 5.56 Å². The molecule has 0 bridgehead atoms. The van der Waals surface area contributed by atoms with Gasteiger partial charge in [-0.3, -0.25) is 8.91 Å². The predicted octanol–water partition coefficient (Wildman–Crippen LogP) is 4.85. The first-order chi connectivity index (χ1) is 21.9. The molecule has 3 rings (SSSR count). The standard InChI is InChI=1S/C25H25F6N3O11S3/c1-23(2,3)15-9-11-16(12-10-15)46(35,36)34-20-19(44-18-8-6-5-7-17(18)41-4)21(42-13-14-43-47(37,38)24(26,27)28)33-22(32-20)45-48(39,40)25(29,30)31/h5-12H,13-14H2,1-4H3,(H,32,33,34). The first-order valence-electron chi connectivity index (χ1n) is 12.8. The number of ether oxygens (including phenoxy) is 3. The second-order valence-electron chi connectivity index (χ2n) is 10.2. The van der Waals surface area contributed by atoms with Crippen molar-refractivity contribution in [2.24, 2.45) is 0 Å². The third-order valence-electron chi connectivity index (χ3n) is 5.67. The van der Waals surface area contributed by atoms with Gasteiger partial charge >= 0.3 is 37.3 Å². The third-order valence-corrected chi connectivity index (χ3v) is 9.00. The Morgan fingerprint density at radius 2 is 1.31 bits per heavy atom. The maximum absolute atomic E-state index is 13.4. The van der Waals surface area contributed by atoms with Crippen molar-refractivity contribution in [2.45, 2.75) is 42.1 Å². The van der Waals surface area contributed by atoms with E-state index in [-0.39, 0.29) is 11.5 Å². The summed E-state index contributed by atoms with van der Waals surface area (Å²) in [6.45, 7) is 3.00. The lowest BCUT2D eigenvalue weighted by Crippen LogP contribution is -2.29. The molecular formula is C25H25F6N3O11S3. The molecule has 1 N–H and O–H groups in total. The van der Waals surface area contributed by atoms with Crippen molar-refractivity contribution in [3.63, 3.8) is 0 Å². The summed E-state index contributed by atoms with van der Waals surface area (Å²) in [6, 6.07) is 9.04. The molecular weight excluding hydrogens is 728 g/mol. The number of nitrogens with zero attached hydrogens (tertiary/aromatic N) is 2.